The van der Waals surface area contributed by atoms with Gasteiger partial charge in [-0.15, -0.1) is 0 Å². The van der Waals surface area contributed by atoms with Gasteiger partial charge in [0.25, 0.3) is 0 Å². The van der Waals surface area contributed by atoms with Crippen LogP contribution in [0.4, 0.5) is 24.5 Å². The lowest BCUT2D eigenvalue weighted by molar-refractivity contribution is -0.137. The normalized spacial score (nSPS) is 10.9. The number of rotatable bonds is 3. The molecule has 2 N–H and O–H groups in total. The Morgan fingerprint density at radius 1 is 0.960 bits per heavy atom. The molecule has 0 spiro atoms. The molecule has 0 radical (unpaired) electrons. The molecule has 0 heterocycles. The number of benzene rings is 2. The Morgan fingerprint density at radius 2 is 1.48 bits per heavy atom. The molecule has 0 bridgehead atoms. The van der Waals surface area contributed by atoms with E-state index < -0.39 is 23.6 Å². The van der Waals surface area contributed by atoms with Crippen LogP contribution in [0.25, 0.3) is 0 Å². The van der Waals surface area contributed by atoms with E-state index in [1.807, 2.05) is 0 Å². The van der Waals surface area contributed by atoms with E-state index in [0.717, 1.165) is 24.3 Å². The third-order valence-electron chi connectivity index (χ3n) is 3.09. The lowest BCUT2D eigenvalue weighted by Gasteiger charge is -2.10. The highest BCUT2D eigenvalue weighted by Crippen LogP contribution is 2.30. The molecule has 2 rings (SSSR count). The number of hydrogen-bond donors (Lipinski definition) is 2. The zero-order valence-electron chi connectivity index (χ0n) is 12.8. The lowest BCUT2D eigenvalue weighted by Crippen LogP contribution is -2.29. The Labute approximate surface area is 145 Å². The van der Waals surface area contributed by atoms with Gasteiger partial charge >= 0.3 is 18.0 Å². The van der Waals surface area contributed by atoms with Crippen molar-refractivity contribution in [2.75, 3.05) is 17.7 Å². The highest BCUT2D eigenvalue weighted by Gasteiger charge is 2.30. The van der Waals surface area contributed by atoms with Crippen LogP contribution in [-0.2, 0) is 15.8 Å². The summed E-state index contributed by atoms with van der Waals surface area (Å²) in [5.41, 5.74) is -0.540. The number of methoxy groups -OCH3 is 1. The maximum absolute atomic E-state index is 12.5. The quantitative estimate of drug-likeness (QED) is 0.802. The van der Waals surface area contributed by atoms with Crippen LogP contribution in [-0.4, -0.2) is 18.9 Å². The third-order valence-corrected chi connectivity index (χ3v) is 3.38. The van der Waals surface area contributed by atoms with Crippen LogP contribution in [0.5, 0.6) is 5.75 Å². The summed E-state index contributed by atoms with van der Waals surface area (Å²) in [6, 6.07) is 8.09. The van der Waals surface area contributed by atoms with Gasteiger partial charge in [0, 0.05) is 11.4 Å². The standard InChI is InChI=1S/C16H12ClF3N2O3/c1-25-13-7-6-11(8-12(13)17)22-15(24)14(23)21-10-4-2-9(3-5-10)16(18,19)20/h2-8H,1H3,(H,21,23)(H,22,24). The number of nitrogens with one attached hydrogen (secondary N) is 2. The summed E-state index contributed by atoms with van der Waals surface area (Å²) in [6.45, 7) is 0. The fourth-order valence-electron chi connectivity index (χ4n) is 1.86. The molecule has 2 amide bonds. The molecule has 2 aromatic rings. The van der Waals surface area contributed by atoms with Crippen molar-refractivity contribution in [3.05, 3.63) is 53.1 Å². The summed E-state index contributed by atoms with van der Waals surface area (Å²) in [4.78, 5) is 23.6. The monoisotopic (exact) mass is 372 g/mol. The number of alkyl halides is 3. The molecule has 0 saturated heterocycles. The minimum absolute atomic E-state index is 0.0564. The van der Waals surface area contributed by atoms with E-state index >= 15 is 0 Å². The molecule has 0 aromatic heterocycles. The second kappa shape index (κ2) is 7.43. The van der Waals surface area contributed by atoms with Gasteiger partial charge in [-0.2, -0.15) is 13.2 Å². The van der Waals surface area contributed by atoms with Crippen LogP contribution in [0.3, 0.4) is 0 Å². The Morgan fingerprint density at radius 3 is 1.96 bits per heavy atom. The first-order valence-electron chi connectivity index (χ1n) is 6.84. The van der Waals surface area contributed by atoms with Gasteiger partial charge in [-0.1, -0.05) is 11.6 Å². The molecule has 9 heteroatoms. The Balaban J connectivity index is 2.00. The van der Waals surface area contributed by atoms with Crippen LogP contribution in [0.15, 0.2) is 42.5 Å². The molecular formula is C16H12ClF3N2O3. The summed E-state index contributed by atoms with van der Waals surface area (Å²) in [5.74, 6) is -1.64. The maximum Gasteiger partial charge on any atom is 0.416 e. The highest BCUT2D eigenvalue weighted by molar-refractivity contribution is 6.43. The third kappa shape index (κ3) is 4.87. The van der Waals surface area contributed by atoms with Gasteiger partial charge in [0.1, 0.15) is 5.75 Å². The van der Waals surface area contributed by atoms with Crippen LogP contribution in [0.2, 0.25) is 5.02 Å². The fraction of sp³-hybridized carbons (Fsp3) is 0.125. The average molecular weight is 373 g/mol. The topological polar surface area (TPSA) is 67.4 Å². The van der Waals surface area contributed by atoms with Crippen LogP contribution < -0.4 is 15.4 Å². The number of carbonyl (C=O) groups is 2. The molecule has 5 nitrogen and oxygen atoms in total. The first-order chi connectivity index (χ1) is 11.7. The van der Waals surface area contributed by atoms with Crippen molar-refractivity contribution in [3.8, 4) is 5.75 Å². The van der Waals surface area contributed by atoms with E-state index in [1.54, 1.807) is 0 Å². The Kier molecular flexibility index (Phi) is 5.53. The van der Waals surface area contributed by atoms with E-state index in [9.17, 15) is 22.8 Å². The number of halogens is 4. The number of hydrogen-bond acceptors (Lipinski definition) is 3. The highest BCUT2D eigenvalue weighted by atomic mass is 35.5. The molecule has 0 aliphatic carbocycles. The first-order valence-corrected chi connectivity index (χ1v) is 7.21. The predicted molar refractivity (Wildman–Crippen MR) is 86.7 cm³/mol. The molecule has 0 aliphatic heterocycles. The van der Waals surface area contributed by atoms with Crippen molar-refractivity contribution in [1.82, 2.24) is 0 Å². The second-order valence-electron chi connectivity index (χ2n) is 4.83. The number of carbonyl (C=O) groups excluding carboxylic acids is 2. The average Bonchev–Trinajstić information content (AvgIpc) is 2.54. The van der Waals surface area contributed by atoms with Crippen molar-refractivity contribution in [2.24, 2.45) is 0 Å². The van der Waals surface area contributed by atoms with Gasteiger partial charge < -0.3 is 15.4 Å². The van der Waals surface area contributed by atoms with E-state index in [0.29, 0.717) is 5.75 Å². The molecule has 0 aliphatic rings. The lowest BCUT2D eigenvalue weighted by atomic mass is 10.2. The van der Waals surface area contributed by atoms with Crippen molar-refractivity contribution in [2.45, 2.75) is 6.18 Å². The van der Waals surface area contributed by atoms with E-state index in [4.69, 9.17) is 16.3 Å². The van der Waals surface area contributed by atoms with Gasteiger partial charge in [0.15, 0.2) is 0 Å². The second-order valence-corrected chi connectivity index (χ2v) is 5.24. The molecule has 25 heavy (non-hydrogen) atoms. The minimum atomic E-state index is -4.48. The summed E-state index contributed by atoms with van der Waals surface area (Å²) in [5, 5.41) is 4.76. The molecule has 0 saturated carbocycles. The largest absolute Gasteiger partial charge is 0.495 e. The molecule has 0 atom stereocenters. The zero-order valence-corrected chi connectivity index (χ0v) is 13.5. The van der Waals surface area contributed by atoms with E-state index in [2.05, 4.69) is 10.6 Å². The first kappa shape index (κ1) is 18.6. The zero-order chi connectivity index (χ0) is 18.6. The van der Waals surface area contributed by atoms with Crippen molar-refractivity contribution in [1.29, 1.82) is 0 Å². The smallest absolute Gasteiger partial charge is 0.416 e. The summed E-state index contributed by atoms with van der Waals surface area (Å²) >= 11 is 5.91. The van der Waals surface area contributed by atoms with Crippen LogP contribution in [0.1, 0.15) is 5.56 Å². The van der Waals surface area contributed by atoms with Crippen molar-refractivity contribution < 1.29 is 27.5 Å². The minimum Gasteiger partial charge on any atom is -0.495 e. The van der Waals surface area contributed by atoms with E-state index in [1.165, 1.54) is 25.3 Å². The van der Waals surface area contributed by atoms with Crippen LogP contribution in [0, 0.1) is 0 Å². The van der Waals surface area contributed by atoms with Gasteiger partial charge in [-0.3, -0.25) is 9.59 Å². The molecule has 2 aromatic carbocycles. The van der Waals surface area contributed by atoms with Gasteiger partial charge in [-0.05, 0) is 42.5 Å². The SMILES string of the molecule is COc1ccc(NC(=O)C(=O)Nc2ccc(C(F)(F)F)cc2)cc1Cl. The summed E-state index contributed by atoms with van der Waals surface area (Å²) < 4.78 is 42.4. The van der Waals surface area contributed by atoms with Crippen LogP contribution >= 0.6 is 11.6 Å². The molecule has 0 unspecified atom stereocenters. The Hall–Kier alpha value is -2.74. The van der Waals surface area contributed by atoms with E-state index in [-0.39, 0.29) is 16.4 Å². The van der Waals surface area contributed by atoms with Crippen molar-refractivity contribution >= 4 is 34.8 Å². The van der Waals surface area contributed by atoms with Gasteiger partial charge in [0.2, 0.25) is 0 Å². The molecular weight excluding hydrogens is 361 g/mol. The number of anilines is 2. The maximum atomic E-state index is 12.5. The summed E-state index contributed by atoms with van der Waals surface area (Å²) in [7, 11) is 1.43. The number of ether oxygens (including phenoxy) is 1. The fourth-order valence-corrected chi connectivity index (χ4v) is 2.12. The predicted octanol–water partition coefficient (Wildman–Crippen LogP) is 3.94. The van der Waals surface area contributed by atoms with Crippen molar-refractivity contribution in [3.63, 3.8) is 0 Å². The van der Waals surface area contributed by atoms with Gasteiger partial charge in [0.05, 0.1) is 17.7 Å². The Bertz CT molecular complexity index is 792. The molecule has 0 fully saturated rings. The molecule has 132 valence electrons. The summed E-state index contributed by atoms with van der Waals surface area (Å²) in [6.07, 6.45) is -4.48. The van der Waals surface area contributed by atoms with Gasteiger partial charge in [-0.25, -0.2) is 0 Å². The number of amides is 2.